The smallest absolute Gasteiger partial charge is 0.00671 e. The Bertz CT molecular complexity index is 205. The first-order chi connectivity index (χ1) is 8.67. The summed E-state index contributed by atoms with van der Waals surface area (Å²) in [6.45, 7) is 13.1. The standard InChI is InChI=1S/C16H34N2/c1-5-11-17-16(6-2)8-7-12-18-13-14(3)9-10-15(18)4/h14-17H,5-13H2,1-4H3. The Kier molecular flexibility index (Phi) is 7.92. The average molecular weight is 254 g/mol. The lowest BCUT2D eigenvalue weighted by atomic mass is 9.94. The highest BCUT2D eigenvalue weighted by Gasteiger charge is 2.22. The van der Waals surface area contributed by atoms with Crippen LogP contribution in [0, 0.1) is 5.92 Å². The van der Waals surface area contributed by atoms with Gasteiger partial charge in [-0.1, -0.05) is 20.8 Å². The van der Waals surface area contributed by atoms with Gasteiger partial charge in [0.25, 0.3) is 0 Å². The molecule has 1 heterocycles. The molecule has 2 nitrogen and oxygen atoms in total. The van der Waals surface area contributed by atoms with Crippen LogP contribution in [0.5, 0.6) is 0 Å². The molecule has 0 bridgehead atoms. The Hall–Kier alpha value is -0.0800. The number of nitrogens with one attached hydrogen (secondary N) is 1. The van der Waals surface area contributed by atoms with E-state index in [0.29, 0.717) is 0 Å². The molecule has 0 aromatic heterocycles. The molecule has 0 aromatic carbocycles. The monoisotopic (exact) mass is 254 g/mol. The molecular weight excluding hydrogens is 220 g/mol. The van der Waals surface area contributed by atoms with Crippen molar-refractivity contribution < 1.29 is 0 Å². The molecule has 108 valence electrons. The average Bonchev–Trinajstić information content (AvgIpc) is 2.37. The molecule has 1 aliphatic rings. The van der Waals surface area contributed by atoms with Gasteiger partial charge < -0.3 is 10.2 Å². The minimum absolute atomic E-state index is 0.738. The summed E-state index contributed by atoms with van der Waals surface area (Å²) in [6, 6.07) is 1.55. The minimum Gasteiger partial charge on any atom is -0.314 e. The first-order valence-electron chi connectivity index (χ1n) is 8.14. The normalized spacial score (nSPS) is 27.3. The zero-order valence-corrected chi connectivity index (χ0v) is 13.0. The van der Waals surface area contributed by atoms with Crippen LogP contribution in [0.4, 0.5) is 0 Å². The van der Waals surface area contributed by atoms with E-state index < -0.39 is 0 Å². The second kappa shape index (κ2) is 8.92. The summed E-state index contributed by atoms with van der Waals surface area (Å²) in [5.74, 6) is 0.904. The van der Waals surface area contributed by atoms with Crippen LogP contribution in [0.2, 0.25) is 0 Å². The predicted molar refractivity (Wildman–Crippen MR) is 81.0 cm³/mol. The zero-order chi connectivity index (χ0) is 13.4. The summed E-state index contributed by atoms with van der Waals surface area (Å²) >= 11 is 0. The molecule has 0 aliphatic carbocycles. The van der Waals surface area contributed by atoms with Crippen LogP contribution >= 0.6 is 0 Å². The van der Waals surface area contributed by atoms with Crippen LogP contribution < -0.4 is 5.32 Å². The van der Waals surface area contributed by atoms with E-state index in [4.69, 9.17) is 0 Å². The molecule has 0 amide bonds. The lowest BCUT2D eigenvalue weighted by molar-refractivity contribution is 0.121. The van der Waals surface area contributed by atoms with Crippen LogP contribution in [0.1, 0.15) is 66.2 Å². The lowest BCUT2D eigenvalue weighted by Gasteiger charge is -2.37. The zero-order valence-electron chi connectivity index (χ0n) is 13.0. The van der Waals surface area contributed by atoms with Crippen molar-refractivity contribution in [1.82, 2.24) is 10.2 Å². The summed E-state index contributed by atoms with van der Waals surface area (Å²) in [6.07, 6.45) is 8.03. The molecule has 3 atom stereocenters. The molecule has 0 aromatic rings. The molecule has 1 rings (SSSR count). The molecular formula is C16H34N2. The second-order valence-electron chi connectivity index (χ2n) is 6.23. The maximum absolute atomic E-state index is 3.66. The molecule has 0 saturated carbocycles. The molecule has 1 saturated heterocycles. The highest BCUT2D eigenvalue weighted by Crippen LogP contribution is 2.21. The highest BCUT2D eigenvalue weighted by atomic mass is 15.2. The predicted octanol–water partition coefficient (Wildman–Crippen LogP) is 3.67. The first kappa shape index (κ1) is 16.0. The summed E-state index contributed by atoms with van der Waals surface area (Å²) in [5, 5.41) is 3.66. The van der Waals surface area contributed by atoms with Gasteiger partial charge in [0, 0.05) is 18.6 Å². The maximum Gasteiger partial charge on any atom is 0.00671 e. The Balaban J connectivity index is 2.18. The van der Waals surface area contributed by atoms with Crippen molar-refractivity contribution >= 4 is 0 Å². The van der Waals surface area contributed by atoms with Gasteiger partial charge in [-0.25, -0.2) is 0 Å². The van der Waals surface area contributed by atoms with Gasteiger partial charge in [0.2, 0.25) is 0 Å². The fraction of sp³-hybridized carbons (Fsp3) is 1.00. The van der Waals surface area contributed by atoms with Crippen molar-refractivity contribution in [3.05, 3.63) is 0 Å². The molecule has 3 unspecified atom stereocenters. The summed E-state index contributed by atoms with van der Waals surface area (Å²) < 4.78 is 0. The quantitative estimate of drug-likeness (QED) is 0.711. The van der Waals surface area contributed by atoms with Crippen molar-refractivity contribution in [2.75, 3.05) is 19.6 Å². The van der Waals surface area contributed by atoms with Gasteiger partial charge in [-0.3, -0.25) is 0 Å². The number of hydrogen-bond donors (Lipinski definition) is 1. The van der Waals surface area contributed by atoms with Crippen LogP contribution in [0.25, 0.3) is 0 Å². The number of likely N-dealkylation sites (tertiary alicyclic amines) is 1. The van der Waals surface area contributed by atoms with E-state index in [1.807, 2.05) is 0 Å². The Labute approximate surface area is 115 Å². The van der Waals surface area contributed by atoms with Crippen molar-refractivity contribution in [2.45, 2.75) is 78.3 Å². The molecule has 1 N–H and O–H groups in total. The fourth-order valence-electron chi connectivity index (χ4n) is 3.03. The van der Waals surface area contributed by atoms with Gasteiger partial charge in [-0.2, -0.15) is 0 Å². The van der Waals surface area contributed by atoms with Crippen LogP contribution in [-0.4, -0.2) is 36.6 Å². The van der Waals surface area contributed by atoms with E-state index in [-0.39, 0.29) is 0 Å². The Morgan fingerprint density at radius 3 is 2.67 bits per heavy atom. The summed E-state index contributed by atoms with van der Waals surface area (Å²) in [7, 11) is 0. The minimum atomic E-state index is 0.738. The third-order valence-electron chi connectivity index (χ3n) is 4.42. The van der Waals surface area contributed by atoms with Crippen molar-refractivity contribution in [1.29, 1.82) is 0 Å². The number of piperidine rings is 1. The number of rotatable bonds is 8. The highest BCUT2D eigenvalue weighted by molar-refractivity contribution is 4.77. The third kappa shape index (κ3) is 5.71. The van der Waals surface area contributed by atoms with Gasteiger partial charge in [-0.15, -0.1) is 0 Å². The third-order valence-corrected chi connectivity index (χ3v) is 4.42. The Morgan fingerprint density at radius 1 is 1.22 bits per heavy atom. The molecule has 0 spiro atoms. The molecule has 1 aliphatic heterocycles. The summed E-state index contributed by atoms with van der Waals surface area (Å²) in [5.41, 5.74) is 0. The van der Waals surface area contributed by atoms with Gasteiger partial charge in [0.05, 0.1) is 0 Å². The lowest BCUT2D eigenvalue weighted by Crippen LogP contribution is -2.42. The molecule has 18 heavy (non-hydrogen) atoms. The van der Waals surface area contributed by atoms with E-state index >= 15 is 0 Å². The van der Waals surface area contributed by atoms with E-state index in [1.54, 1.807) is 0 Å². The van der Waals surface area contributed by atoms with Gasteiger partial charge in [0.15, 0.2) is 0 Å². The maximum atomic E-state index is 3.66. The fourth-order valence-corrected chi connectivity index (χ4v) is 3.03. The molecule has 2 heteroatoms. The van der Waals surface area contributed by atoms with Crippen molar-refractivity contribution in [3.63, 3.8) is 0 Å². The van der Waals surface area contributed by atoms with Crippen molar-refractivity contribution in [2.24, 2.45) is 5.92 Å². The van der Waals surface area contributed by atoms with E-state index in [2.05, 4.69) is 37.9 Å². The largest absolute Gasteiger partial charge is 0.314 e. The second-order valence-corrected chi connectivity index (χ2v) is 6.23. The van der Waals surface area contributed by atoms with E-state index in [0.717, 1.165) is 18.0 Å². The first-order valence-corrected chi connectivity index (χ1v) is 8.14. The Morgan fingerprint density at radius 2 is 2.00 bits per heavy atom. The van der Waals surface area contributed by atoms with Gasteiger partial charge >= 0.3 is 0 Å². The van der Waals surface area contributed by atoms with Crippen LogP contribution in [-0.2, 0) is 0 Å². The van der Waals surface area contributed by atoms with Crippen LogP contribution in [0.3, 0.4) is 0 Å². The molecule has 1 fully saturated rings. The summed E-state index contributed by atoms with van der Waals surface area (Å²) in [4.78, 5) is 2.71. The number of nitrogens with zero attached hydrogens (tertiary/aromatic N) is 1. The van der Waals surface area contributed by atoms with Crippen LogP contribution in [0.15, 0.2) is 0 Å². The molecule has 0 radical (unpaired) electrons. The van der Waals surface area contributed by atoms with E-state index in [1.165, 1.54) is 58.2 Å². The van der Waals surface area contributed by atoms with Gasteiger partial charge in [0.1, 0.15) is 0 Å². The number of hydrogen-bond acceptors (Lipinski definition) is 2. The topological polar surface area (TPSA) is 15.3 Å². The van der Waals surface area contributed by atoms with Crippen molar-refractivity contribution in [3.8, 4) is 0 Å². The van der Waals surface area contributed by atoms with E-state index in [9.17, 15) is 0 Å². The van der Waals surface area contributed by atoms with Gasteiger partial charge in [-0.05, 0) is 64.5 Å². The SMILES string of the molecule is CCCNC(CC)CCCN1CC(C)CCC1C.